The molecule has 0 saturated carbocycles. The number of thiazole rings is 1. The van der Waals surface area contributed by atoms with Crippen LogP contribution in [0.15, 0.2) is 11.6 Å². The molecule has 212 valence electrons. The zero-order valence-corrected chi connectivity index (χ0v) is 21.3. The van der Waals surface area contributed by atoms with Crippen LogP contribution in [0.1, 0.15) is 31.7 Å². The summed E-state index contributed by atoms with van der Waals surface area (Å²) in [6.45, 7) is 10.0. The van der Waals surface area contributed by atoms with Gasteiger partial charge in [-0.3, -0.25) is 14.6 Å². The first-order chi connectivity index (χ1) is 16.9. The van der Waals surface area contributed by atoms with E-state index in [2.05, 4.69) is 40.6 Å². The number of likely N-dealkylation sites (tertiary alicyclic amines) is 1. The van der Waals surface area contributed by atoms with Crippen molar-refractivity contribution in [3.63, 3.8) is 0 Å². The van der Waals surface area contributed by atoms with Gasteiger partial charge in [0.15, 0.2) is 0 Å². The third-order valence-electron chi connectivity index (χ3n) is 5.72. The minimum absolute atomic E-state index is 0.271. The van der Waals surface area contributed by atoms with Gasteiger partial charge in [0.1, 0.15) is 10.5 Å². The van der Waals surface area contributed by atoms with Gasteiger partial charge in [-0.1, -0.05) is 13.8 Å². The number of piperazine rings is 1. The molecule has 0 aliphatic carbocycles. The second kappa shape index (κ2) is 13.4. The standard InChI is InChI=1S/C17H28N4OS.2C2HF3O2/c1-14(2)12-21-10-9-19(3)17(16(21)22)4-7-20(8-5-17)13-15-18-6-11-23-15;2*3-2(4,5)1(6)7/h6,11,14H,4-5,7-10,12-13H2,1-3H3;2*(H,6,7). The van der Waals surface area contributed by atoms with Crippen LogP contribution in [0.5, 0.6) is 0 Å². The summed E-state index contributed by atoms with van der Waals surface area (Å²) in [5.41, 5.74) is -0.271. The van der Waals surface area contributed by atoms with Gasteiger partial charge in [0, 0.05) is 44.3 Å². The Morgan fingerprint density at radius 1 is 1.03 bits per heavy atom. The molecule has 1 spiro atoms. The van der Waals surface area contributed by atoms with E-state index in [-0.39, 0.29) is 5.54 Å². The van der Waals surface area contributed by atoms with Crippen molar-refractivity contribution in [3.05, 3.63) is 16.6 Å². The fraction of sp³-hybridized carbons (Fsp3) is 0.714. The number of nitrogens with zero attached hydrogens (tertiary/aromatic N) is 4. The molecule has 3 heterocycles. The maximum absolute atomic E-state index is 13.1. The molecule has 0 unspecified atom stereocenters. The maximum Gasteiger partial charge on any atom is 0.490 e. The number of halogens is 6. The van der Waals surface area contributed by atoms with E-state index in [1.165, 1.54) is 5.01 Å². The zero-order valence-electron chi connectivity index (χ0n) is 20.5. The average Bonchev–Trinajstić information content (AvgIpc) is 3.28. The van der Waals surface area contributed by atoms with E-state index in [0.717, 1.165) is 52.1 Å². The van der Waals surface area contributed by atoms with Crippen LogP contribution in [0.3, 0.4) is 0 Å². The van der Waals surface area contributed by atoms with Crippen LogP contribution in [0.2, 0.25) is 0 Å². The Balaban J connectivity index is 0.000000404. The summed E-state index contributed by atoms with van der Waals surface area (Å²) < 4.78 is 63.5. The van der Waals surface area contributed by atoms with Gasteiger partial charge in [0.2, 0.25) is 5.91 Å². The van der Waals surface area contributed by atoms with Crippen molar-refractivity contribution >= 4 is 29.2 Å². The molecule has 0 bridgehead atoms. The third kappa shape index (κ3) is 10.1. The summed E-state index contributed by atoms with van der Waals surface area (Å²) in [7, 11) is 2.13. The first kappa shape index (κ1) is 32.6. The van der Waals surface area contributed by atoms with Crippen molar-refractivity contribution in [2.24, 2.45) is 5.92 Å². The number of amides is 1. The van der Waals surface area contributed by atoms with E-state index in [9.17, 15) is 31.1 Å². The van der Waals surface area contributed by atoms with Crippen molar-refractivity contribution in [1.29, 1.82) is 0 Å². The highest BCUT2D eigenvalue weighted by Gasteiger charge is 2.49. The number of carboxylic acid groups (broad SMARTS) is 2. The molecule has 2 fully saturated rings. The number of aliphatic carboxylic acids is 2. The first-order valence-electron chi connectivity index (χ1n) is 11.1. The molecule has 3 rings (SSSR count). The minimum Gasteiger partial charge on any atom is -0.475 e. The van der Waals surface area contributed by atoms with Crippen LogP contribution in [-0.2, 0) is 20.9 Å². The van der Waals surface area contributed by atoms with E-state index in [0.29, 0.717) is 11.8 Å². The normalized spacial score (nSPS) is 18.6. The summed E-state index contributed by atoms with van der Waals surface area (Å²) in [4.78, 5) is 42.1. The predicted octanol–water partition coefficient (Wildman–Crippen LogP) is 3.17. The molecule has 2 N–H and O–H groups in total. The lowest BCUT2D eigenvalue weighted by molar-refractivity contribution is -0.193. The van der Waals surface area contributed by atoms with Gasteiger partial charge < -0.3 is 15.1 Å². The third-order valence-corrected chi connectivity index (χ3v) is 6.48. The van der Waals surface area contributed by atoms with Crippen molar-refractivity contribution < 1.29 is 50.9 Å². The molecule has 1 amide bonds. The van der Waals surface area contributed by atoms with Crippen molar-refractivity contribution in [2.75, 3.05) is 39.8 Å². The maximum atomic E-state index is 13.1. The fourth-order valence-corrected chi connectivity index (χ4v) is 4.52. The summed E-state index contributed by atoms with van der Waals surface area (Å²) in [5.74, 6) is -4.63. The Bertz CT molecular complexity index is 863. The molecule has 9 nitrogen and oxygen atoms in total. The number of hydrogen-bond donors (Lipinski definition) is 2. The number of piperidine rings is 1. The molecular weight excluding hydrogens is 534 g/mol. The smallest absolute Gasteiger partial charge is 0.475 e. The van der Waals surface area contributed by atoms with E-state index >= 15 is 0 Å². The van der Waals surface area contributed by atoms with Gasteiger partial charge in [-0.15, -0.1) is 11.3 Å². The van der Waals surface area contributed by atoms with Gasteiger partial charge in [-0.25, -0.2) is 14.6 Å². The van der Waals surface area contributed by atoms with Gasteiger partial charge >= 0.3 is 24.3 Å². The quantitative estimate of drug-likeness (QED) is 0.537. The molecule has 1 aromatic rings. The molecule has 16 heteroatoms. The highest BCUT2D eigenvalue weighted by Crippen LogP contribution is 2.33. The lowest BCUT2D eigenvalue weighted by atomic mass is 9.82. The number of carboxylic acids is 2. The van der Waals surface area contributed by atoms with E-state index < -0.39 is 24.3 Å². The summed E-state index contributed by atoms with van der Waals surface area (Å²) >= 11 is 1.71. The van der Waals surface area contributed by atoms with Crippen LogP contribution in [-0.4, -0.2) is 105 Å². The number of rotatable bonds is 4. The van der Waals surface area contributed by atoms with Crippen molar-refractivity contribution in [3.8, 4) is 0 Å². The summed E-state index contributed by atoms with van der Waals surface area (Å²) in [6, 6.07) is 0. The molecule has 0 atom stereocenters. The van der Waals surface area contributed by atoms with Crippen LogP contribution in [0.4, 0.5) is 26.3 Å². The Hall–Kier alpha value is -2.46. The molecule has 2 saturated heterocycles. The van der Waals surface area contributed by atoms with E-state index in [4.69, 9.17) is 19.8 Å². The van der Waals surface area contributed by atoms with Gasteiger partial charge in [-0.05, 0) is 25.8 Å². The second-order valence-corrected chi connectivity index (χ2v) is 9.89. The number of alkyl halides is 6. The molecule has 1 aromatic heterocycles. The van der Waals surface area contributed by atoms with Crippen LogP contribution >= 0.6 is 11.3 Å². The van der Waals surface area contributed by atoms with Gasteiger partial charge in [0.25, 0.3) is 0 Å². The molecular formula is C21H30F6N4O5S. The summed E-state index contributed by atoms with van der Waals surface area (Å²) in [5, 5.41) is 17.5. The minimum atomic E-state index is -5.08. The Labute approximate surface area is 213 Å². The van der Waals surface area contributed by atoms with E-state index in [1.54, 1.807) is 11.3 Å². The molecule has 2 aliphatic heterocycles. The molecule has 2 aliphatic rings. The number of carbonyl (C=O) groups excluding carboxylic acids is 1. The Morgan fingerprint density at radius 3 is 1.89 bits per heavy atom. The molecule has 0 radical (unpaired) electrons. The monoisotopic (exact) mass is 564 g/mol. The largest absolute Gasteiger partial charge is 0.490 e. The average molecular weight is 565 g/mol. The second-order valence-electron chi connectivity index (χ2n) is 8.91. The SMILES string of the molecule is CC(C)CN1CCN(C)C2(CCN(Cc3nccs3)CC2)C1=O.O=C(O)C(F)(F)F.O=C(O)C(F)(F)F. The first-order valence-corrected chi connectivity index (χ1v) is 12.0. The van der Waals surface area contributed by atoms with Crippen LogP contribution in [0, 0.1) is 5.92 Å². The van der Waals surface area contributed by atoms with Crippen LogP contribution in [0.25, 0.3) is 0 Å². The zero-order chi connectivity index (χ0) is 28.6. The summed E-state index contributed by atoms with van der Waals surface area (Å²) in [6.07, 6.45) is -6.43. The van der Waals surface area contributed by atoms with Crippen molar-refractivity contribution in [1.82, 2.24) is 19.7 Å². The number of aromatic nitrogens is 1. The Kier molecular flexibility index (Phi) is 11.8. The predicted molar refractivity (Wildman–Crippen MR) is 121 cm³/mol. The fourth-order valence-electron chi connectivity index (χ4n) is 3.86. The highest BCUT2D eigenvalue weighted by molar-refractivity contribution is 7.09. The van der Waals surface area contributed by atoms with Crippen LogP contribution < -0.4 is 0 Å². The topological polar surface area (TPSA) is 114 Å². The van der Waals surface area contributed by atoms with Gasteiger partial charge in [0.05, 0.1) is 6.54 Å². The molecule has 37 heavy (non-hydrogen) atoms. The highest BCUT2D eigenvalue weighted by atomic mass is 32.1. The van der Waals surface area contributed by atoms with Gasteiger partial charge in [-0.2, -0.15) is 26.3 Å². The number of carbonyl (C=O) groups is 3. The number of hydrogen-bond acceptors (Lipinski definition) is 7. The lowest BCUT2D eigenvalue weighted by Crippen LogP contribution is -2.67. The lowest BCUT2D eigenvalue weighted by Gasteiger charge is -2.51. The van der Waals surface area contributed by atoms with Crippen molar-refractivity contribution in [2.45, 2.75) is 51.1 Å². The Morgan fingerprint density at radius 2 is 1.51 bits per heavy atom. The molecule has 0 aromatic carbocycles. The number of likely N-dealkylation sites (N-methyl/N-ethyl adjacent to an activating group) is 1. The van der Waals surface area contributed by atoms with E-state index in [1.807, 2.05) is 11.6 Å².